The number of nitrogens with one attached hydrogen (secondary N) is 1. The largest absolute Gasteiger partial charge is 0.253 e. The molecule has 0 amide bonds. The van der Waals surface area contributed by atoms with E-state index in [-0.39, 0.29) is 17.1 Å². The molecule has 2 aromatic rings. The lowest BCUT2D eigenvalue weighted by atomic mass is 10.1. The van der Waals surface area contributed by atoms with Gasteiger partial charge in [0.05, 0.1) is 5.25 Å². The van der Waals surface area contributed by atoms with Crippen LogP contribution >= 0.6 is 0 Å². The Morgan fingerprint density at radius 3 is 2.62 bits per heavy atom. The monoisotopic (exact) mass is 348 g/mol. The molecule has 1 N–H and O–H groups in total. The zero-order valence-electron chi connectivity index (χ0n) is 14.3. The molecular weight excluding hydrogens is 324 g/mol. The van der Waals surface area contributed by atoms with Gasteiger partial charge in [-0.05, 0) is 12.0 Å². The summed E-state index contributed by atoms with van der Waals surface area (Å²) in [4.78, 5) is 4.47. The van der Waals surface area contributed by atoms with E-state index in [1.807, 2.05) is 51.2 Å². The van der Waals surface area contributed by atoms with Crippen molar-refractivity contribution < 1.29 is 8.42 Å². The number of benzene rings is 1. The number of aryl methyl sites for hydroxylation is 1. The molecule has 3 rings (SSSR count). The van der Waals surface area contributed by atoms with E-state index in [1.165, 1.54) is 0 Å². The second-order valence-corrected chi connectivity index (χ2v) is 8.63. The van der Waals surface area contributed by atoms with Crippen molar-refractivity contribution in [3.05, 3.63) is 47.5 Å². The van der Waals surface area contributed by atoms with Gasteiger partial charge in [0, 0.05) is 31.8 Å². The highest BCUT2D eigenvalue weighted by Gasteiger charge is 2.47. The molecule has 0 bridgehead atoms. The molecule has 1 aliphatic rings. The molecule has 1 aromatic carbocycles. The van der Waals surface area contributed by atoms with E-state index in [2.05, 4.69) is 14.8 Å². The second-order valence-electron chi connectivity index (χ2n) is 6.65. The summed E-state index contributed by atoms with van der Waals surface area (Å²) in [6, 6.07) is 9.83. The number of rotatable bonds is 7. The molecule has 0 spiro atoms. The molecule has 0 unspecified atom stereocenters. The molecule has 1 aromatic heterocycles. The van der Waals surface area contributed by atoms with Gasteiger partial charge < -0.3 is 0 Å². The number of hydrogen-bond donors (Lipinski definition) is 1. The van der Waals surface area contributed by atoms with Crippen LogP contribution in [0.25, 0.3) is 0 Å². The SMILES string of the molecule is CC(C)c1nc(CCNS(=O)(=O)[C@@H]2C[C@H]2c2ccccc2)n(C)n1. The molecule has 24 heavy (non-hydrogen) atoms. The lowest BCUT2D eigenvalue weighted by Gasteiger charge is -2.06. The fourth-order valence-corrected chi connectivity index (χ4v) is 4.53. The van der Waals surface area contributed by atoms with Gasteiger partial charge >= 0.3 is 0 Å². The van der Waals surface area contributed by atoms with Gasteiger partial charge in [0.2, 0.25) is 10.0 Å². The van der Waals surface area contributed by atoms with E-state index < -0.39 is 10.0 Å². The van der Waals surface area contributed by atoms with Gasteiger partial charge in [-0.2, -0.15) is 5.10 Å². The molecule has 0 aliphatic heterocycles. The van der Waals surface area contributed by atoms with Crippen LogP contribution in [0.4, 0.5) is 0 Å². The summed E-state index contributed by atoms with van der Waals surface area (Å²) in [6.07, 6.45) is 1.24. The van der Waals surface area contributed by atoms with Gasteiger partial charge in [-0.3, -0.25) is 4.68 Å². The topological polar surface area (TPSA) is 76.9 Å². The van der Waals surface area contributed by atoms with Crippen LogP contribution in [0.5, 0.6) is 0 Å². The van der Waals surface area contributed by atoms with Crippen LogP contribution in [0.15, 0.2) is 30.3 Å². The summed E-state index contributed by atoms with van der Waals surface area (Å²) in [5, 5.41) is 4.04. The molecule has 6 nitrogen and oxygen atoms in total. The van der Waals surface area contributed by atoms with Crippen LogP contribution in [-0.2, 0) is 23.5 Å². The molecule has 2 atom stereocenters. The van der Waals surface area contributed by atoms with Crippen molar-refractivity contribution in [1.29, 1.82) is 0 Å². The second kappa shape index (κ2) is 6.64. The summed E-state index contributed by atoms with van der Waals surface area (Å²) in [7, 11) is -1.44. The summed E-state index contributed by atoms with van der Waals surface area (Å²) in [5.41, 5.74) is 1.10. The number of nitrogens with zero attached hydrogens (tertiary/aromatic N) is 3. The van der Waals surface area contributed by atoms with Crippen molar-refractivity contribution in [2.45, 2.75) is 43.8 Å². The fourth-order valence-electron chi connectivity index (χ4n) is 2.88. The summed E-state index contributed by atoms with van der Waals surface area (Å²) in [6.45, 7) is 4.43. The zero-order chi connectivity index (χ0) is 17.3. The number of aromatic nitrogens is 3. The Bertz CT molecular complexity index is 799. The third-order valence-corrected chi connectivity index (χ3v) is 6.32. The molecule has 1 aliphatic carbocycles. The van der Waals surface area contributed by atoms with E-state index >= 15 is 0 Å². The summed E-state index contributed by atoms with van der Waals surface area (Å²) < 4.78 is 29.3. The van der Waals surface area contributed by atoms with Crippen molar-refractivity contribution in [3.63, 3.8) is 0 Å². The molecule has 1 fully saturated rings. The van der Waals surface area contributed by atoms with Crippen LogP contribution in [0.3, 0.4) is 0 Å². The highest BCUT2D eigenvalue weighted by atomic mass is 32.2. The Labute approximate surface area is 143 Å². The van der Waals surface area contributed by atoms with Gasteiger partial charge in [-0.15, -0.1) is 0 Å². The molecule has 0 radical (unpaired) electrons. The van der Waals surface area contributed by atoms with Crippen LogP contribution in [-0.4, -0.2) is 35.0 Å². The number of sulfonamides is 1. The van der Waals surface area contributed by atoms with Gasteiger partial charge in [0.1, 0.15) is 5.82 Å². The van der Waals surface area contributed by atoms with Crippen molar-refractivity contribution in [1.82, 2.24) is 19.5 Å². The van der Waals surface area contributed by atoms with E-state index in [9.17, 15) is 8.42 Å². The highest BCUT2D eigenvalue weighted by Crippen LogP contribution is 2.45. The average molecular weight is 348 g/mol. The van der Waals surface area contributed by atoms with Gasteiger partial charge in [-0.25, -0.2) is 18.1 Å². The Morgan fingerprint density at radius 2 is 2.00 bits per heavy atom. The zero-order valence-corrected chi connectivity index (χ0v) is 15.1. The highest BCUT2D eigenvalue weighted by molar-refractivity contribution is 7.90. The first-order valence-electron chi connectivity index (χ1n) is 8.31. The standard InChI is InChI=1S/C17H24N4O2S/c1-12(2)17-19-16(21(3)20-17)9-10-18-24(22,23)15-11-14(15)13-7-5-4-6-8-13/h4-8,12,14-15,18H,9-11H2,1-3H3/t14-,15+/m0/s1. The number of hydrogen-bond acceptors (Lipinski definition) is 4. The minimum absolute atomic E-state index is 0.117. The third-order valence-electron chi connectivity index (χ3n) is 4.40. The van der Waals surface area contributed by atoms with Crippen LogP contribution < -0.4 is 4.72 Å². The fraction of sp³-hybridized carbons (Fsp3) is 0.529. The van der Waals surface area contributed by atoms with Crippen molar-refractivity contribution in [3.8, 4) is 0 Å². The summed E-state index contributed by atoms with van der Waals surface area (Å²) in [5.74, 6) is 1.98. The van der Waals surface area contributed by atoms with Gasteiger partial charge in [-0.1, -0.05) is 44.2 Å². The predicted octanol–water partition coefficient (Wildman–Crippen LogP) is 1.96. The Kier molecular flexibility index (Phi) is 4.73. The predicted molar refractivity (Wildman–Crippen MR) is 93.3 cm³/mol. The maximum atomic E-state index is 12.4. The van der Waals surface area contributed by atoms with E-state index in [4.69, 9.17) is 0 Å². The maximum absolute atomic E-state index is 12.4. The van der Waals surface area contributed by atoms with Crippen LogP contribution in [0.2, 0.25) is 0 Å². The van der Waals surface area contributed by atoms with Gasteiger partial charge in [0.15, 0.2) is 5.82 Å². The summed E-state index contributed by atoms with van der Waals surface area (Å²) >= 11 is 0. The van der Waals surface area contributed by atoms with Crippen LogP contribution in [0, 0.1) is 0 Å². The molecule has 0 saturated heterocycles. The van der Waals surface area contributed by atoms with Crippen molar-refractivity contribution in [2.75, 3.05) is 6.54 Å². The van der Waals surface area contributed by atoms with Crippen molar-refractivity contribution >= 4 is 10.0 Å². The first kappa shape index (κ1) is 17.1. The molecule has 1 heterocycles. The Balaban J connectivity index is 1.55. The van der Waals surface area contributed by atoms with E-state index in [0.717, 1.165) is 17.2 Å². The van der Waals surface area contributed by atoms with Crippen LogP contribution in [0.1, 0.15) is 49.3 Å². The Morgan fingerprint density at radius 1 is 1.29 bits per heavy atom. The lowest BCUT2D eigenvalue weighted by Crippen LogP contribution is -2.30. The minimum Gasteiger partial charge on any atom is -0.253 e. The first-order chi connectivity index (χ1) is 11.4. The first-order valence-corrected chi connectivity index (χ1v) is 9.86. The molecule has 1 saturated carbocycles. The Hall–Kier alpha value is -1.73. The van der Waals surface area contributed by atoms with E-state index in [1.54, 1.807) is 4.68 Å². The maximum Gasteiger partial charge on any atom is 0.215 e. The molecular formula is C17H24N4O2S. The quantitative estimate of drug-likeness (QED) is 0.830. The van der Waals surface area contributed by atoms with E-state index in [0.29, 0.717) is 19.4 Å². The van der Waals surface area contributed by atoms with Crippen molar-refractivity contribution in [2.24, 2.45) is 7.05 Å². The third kappa shape index (κ3) is 3.67. The molecule has 7 heteroatoms. The normalized spacial score (nSPS) is 20.5. The minimum atomic E-state index is -3.28. The van der Waals surface area contributed by atoms with Gasteiger partial charge in [0.25, 0.3) is 0 Å². The molecule has 130 valence electrons. The smallest absolute Gasteiger partial charge is 0.215 e. The average Bonchev–Trinajstić information content (AvgIpc) is 3.28. The lowest BCUT2D eigenvalue weighted by molar-refractivity contribution is 0.577.